The van der Waals surface area contributed by atoms with Crippen molar-refractivity contribution in [3.63, 3.8) is 0 Å². The molecule has 1 aliphatic rings. The molecule has 0 unspecified atom stereocenters. The Morgan fingerprint density at radius 1 is 1.07 bits per heavy atom. The number of thiophene rings is 1. The zero-order valence-electron chi connectivity index (χ0n) is 14.9. The van der Waals surface area contributed by atoms with E-state index in [0.29, 0.717) is 18.5 Å². The minimum atomic E-state index is -0.145. The first-order chi connectivity index (χ1) is 13.2. The minimum Gasteiger partial charge on any atom is -0.338 e. The van der Waals surface area contributed by atoms with Crippen LogP contribution in [0, 0.1) is 0 Å². The van der Waals surface area contributed by atoms with E-state index in [1.807, 2.05) is 64.9 Å². The van der Waals surface area contributed by atoms with Gasteiger partial charge in [0.25, 0.3) is 5.91 Å². The lowest BCUT2D eigenvalue weighted by Gasteiger charge is -2.16. The molecule has 3 aromatic rings. The van der Waals surface area contributed by atoms with Crippen molar-refractivity contribution in [3.05, 3.63) is 77.2 Å². The van der Waals surface area contributed by atoms with Gasteiger partial charge >= 0.3 is 0 Å². The van der Waals surface area contributed by atoms with Crippen molar-refractivity contribution in [2.24, 2.45) is 0 Å². The lowest BCUT2D eigenvalue weighted by molar-refractivity contribution is -0.128. The number of likely N-dealkylation sites (tertiary alicyclic amines) is 1. The molecule has 27 heavy (non-hydrogen) atoms. The van der Waals surface area contributed by atoms with Crippen molar-refractivity contribution in [3.8, 4) is 10.4 Å². The Bertz CT molecular complexity index is 966. The van der Waals surface area contributed by atoms with Crippen LogP contribution in [0.25, 0.3) is 10.4 Å². The second kappa shape index (κ2) is 7.76. The maximum absolute atomic E-state index is 12.8. The summed E-state index contributed by atoms with van der Waals surface area (Å²) in [6.07, 6.45) is 1.54. The molecular weight excluding hydrogens is 356 g/mol. The monoisotopic (exact) mass is 376 g/mol. The van der Waals surface area contributed by atoms with Crippen molar-refractivity contribution in [1.82, 2.24) is 4.90 Å². The third-order valence-electron chi connectivity index (χ3n) is 4.70. The van der Waals surface area contributed by atoms with E-state index >= 15 is 0 Å². The molecule has 1 saturated heterocycles. The number of rotatable bonds is 5. The van der Waals surface area contributed by atoms with Crippen molar-refractivity contribution in [2.75, 3.05) is 11.9 Å². The van der Waals surface area contributed by atoms with E-state index < -0.39 is 0 Å². The van der Waals surface area contributed by atoms with Gasteiger partial charge in [-0.3, -0.25) is 9.59 Å². The number of anilines is 1. The Labute approximate surface area is 162 Å². The molecule has 2 heterocycles. The van der Waals surface area contributed by atoms with Crippen molar-refractivity contribution in [1.29, 1.82) is 0 Å². The summed E-state index contributed by atoms with van der Waals surface area (Å²) in [6.45, 7) is 1.36. The van der Waals surface area contributed by atoms with Gasteiger partial charge in [0.15, 0.2) is 0 Å². The number of benzene rings is 2. The number of nitrogens with one attached hydrogen (secondary N) is 1. The number of hydrogen-bond donors (Lipinski definition) is 1. The average molecular weight is 376 g/mol. The summed E-state index contributed by atoms with van der Waals surface area (Å²) < 4.78 is 0. The van der Waals surface area contributed by atoms with Gasteiger partial charge in [0, 0.05) is 41.2 Å². The van der Waals surface area contributed by atoms with E-state index in [-0.39, 0.29) is 11.8 Å². The molecule has 0 radical (unpaired) electrons. The first-order valence-corrected chi connectivity index (χ1v) is 9.89. The Kier molecular flexibility index (Phi) is 5.03. The summed E-state index contributed by atoms with van der Waals surface area (Å²) in [5.74, 6) is 0.0448. The van der Waals surface area contributed by atoms with Crippen LogP contribution in [0.4, 0.5) is 5.69 Å². The van der Waals surface area contributed by atoms with Gasteiger partial charge in [0.1, 0.15) is 0 Å². The second-order valence-corrected chi connectivity index (χ2v) is 7.54. The molecule has 2 amide bonds. The standard InChI is InChI=1S/C22H20N2O2S/c25-21-11-4-12-24(21)15-16-6-3-7-17(14-16)22(26)23-19-9-2-1-8-18(19)20-10-5-13-27-20/h1-3,5-10,13-14H,4,11-12,15H2,(H,23,26). The maximum Gasteiger partial charge on any atom is 0.255 e. The summed E-state index contributed by atoms with van der Waals surface area (Å²) in [7, 11) is 0. The van der Waals surface area contributed by atoms with Crippen LogP contribution in [0.3, 0.4) is 0 Å². The highest BCUT2D eigenvalue weighted by atomic mass is 32.1. The number of para-hydroxylation sites is 1. The Morgan fingerprint density at radius 2 is 1.96 bits per heavy atom. The average Bonchev–Trinajstić information content (AvgIpc) is 3.35. The number of carbonyl (C=O) groups is 2. The summed E-state index contributed by atoms with van der Waals surface area (Å²) in [6, 6.07) is 19.4. The molecule has 1 fully saturated rings. The molecule has 0 bridgehead atoms. The summed E-state index contributed by atoms with van der Waals surface area (Å²) in [4.78, 5) is 27.6. The second-order valence-electron chi connectivity index (χ2n) is 6.60. The van der Waals surface area contributed by atoms with Gasteiger partial charge in [0.2, 0.25) is 5.91 Å². The SMILES string of the molecule is O=C(Nc1ccccc1-c1cccs1)c1cccc(CN2CCCC2=O)c1. The fourth-order valence-electron chi connectivity index (χ4n) is 3.34. The molecule has 0 aliphatic carbocycles. The largest absolute Gasteiger partial charge is 0.338 e. The van der Waals surface area contributed by atoms with Crippen LogP contribution in [-0.4, -0.2) is 23.3 Å². The minimum absolute atomic E-state index is 0.145. The highest BCUT2D eigenvalue weighted by Crippen LogP contribution is 2.31. The van der Waals surface area contributed by atoms with Crippen LogP contribution in [0.2, 0.25) is 0 Å². The highest BCUT2D eigenvalue weighted by Gasteiger charge is 2.20. The van der Waals surface area contributed by atoms with Crippen molar-refractivity contribution >= 4 is 28.8 Å². The first-order valence-electron chi connectivity index (χ1n) is 9.02. The van der Waals surface area contributed by atoms with Gasteiger partial charge in [-0.05, 0) is 41.6 Å². The predicted octanol–water partition coefficient (Wildman–Crippen LogP) is 4.79. The molecule has 1 aromatic heterocycles. The lowest BCUT2D eigenvalue weighted by Crippen LogP contribution is -2.24. The van der Waals surface area contributed by atoms with E-state index in [1.165, 1.54) is 0 Å². The fourth-order valence-corrected chi connectivity index (χ4v) is 4.10. The molecule has 4 nitrogen and oxygen atoms in total. The van der Waals surface area contributed by atoms with Gasteiger partial charge in [-0.2, -0.15) is 0 Å². The van der Waals surface area contributed by atoms with Gasteiger partial charge < -0.3 is 10.2 Å². The summed E-state index contributed by atoms with van der Waals surface area (Å²) in [5, 5.41) is 5.06. The fraction of sp³-hybridized carbons (Fsp3) is 0.182. The van der Waals surface area contributed by atoms with E-state index in [0.717, 1.165) is 34.7 Å². The van der Waals surface area contributed by atoms with Crippen LogP contribution in [-0.2, 0) is 11.3 Å². The van der Waals surface area contributed by atoms with Crippen LogP contribution in [0.15, 0.2) is 66.0 Å². The maximum atomic E-state index is 12.8. The van der Waals surface area contributed by atoms with E-state index in [2.05, 4.69) is 5.32 Å². The Morgan fingerprint density at radius 3 is 2.74 bits per heavy atom. The molecule has 0 atom stereocenters. The van der Waals surface area contributed by atoms with Crippen LogP contribution >= 0.6 is 11.3 Å². The normalized spacial score (nSPS) is 13.8. The van der Waals surface area contributed by atoms with Gasteiger partial charge in [0.05, 0.1) is 0 Å². The van der Waals surface area contributed by atoms with Crippen LogP contribution in [0.5, 0.6) is 0 Å². The number of carbonyl (C=O) groups excluding carboxylic acids is 2. The van der Waals surface area contributed by atoms with Crippen molar-refractivity contribution < 1.29 is 9.59 Å². The van der Waals surface area contributed by atoms with Gasteiger partial charge in [-0.15, -0.1) is 11.3 Å². The third-order valence-corrected chi connectivity index (χ3v) is 5.60. The highest BCUT2D eigenvalue weighted by molar-refractivity contribution is 7.13. The van der Waals surface area contributed by atoms with Crippen molar-refractivity contribution in [2.45, 2.75) is 19.4 Å². The quantitative estimate of drug-likeness (QED) is 0.696. The van der Waals surface area contributed by atoms with E-state index in [4.69, 9.17) is 0 Å². The zero-order chi connectivity index (χ0) is 18.6. The molecule has 5 heteroatoms. The lowest BCUT2D eigenvalue weighted by atomic mass is 10.1. The Balaban J connectivity index is 1.53. The number of amides is 2. The van der Waals surface area contributed by atoms with Crippen LogP contribution < -0.4 is 5.32 Å². The molecule has 4 rings (SSSR count). The summed E-state index contributed by atoms with van der Waals surface area (Å²) >= 11 is 1.64. The van der Waals surface area contributed by atoms with Crippen LogP contribution in [0.1, 0.15) is 28.8 Å². The molecule has 136 valence electrons. The smallest absolute Gasteiger partial charge is 0.255 e. The summed E-state index contributed by atoms with van der Waals surface area (Å²) in [5.41, 5.74) is 3.38. The van der Waals surface area contributed by atoms with E-state index in [9.17, 15) is 9.59 Å². The molecule has 1 aliphatic heterocycles. The molecular formula is C22H20N2O2S. The van der Waals surface area contributed by atoms with Gasteiger partial charge in [-0.1, -0.05) is 36.4 Å². The zero-order valence-corrected chi connectivity index (χ0v) is 15.7. The Hall–Kier alpha value is -2.92. The molecule has 0 saturated carbocycles. The van der Waals surface area contributed by atoms with E-state index in [1.54, 1.807) is 17.4 Å². The third kappa shape index (κ3) is 3.93. The van der Waals surface area contributed by atoms with Gasteiger partial charge in [-0.25, -0.2) is 0 Å². The topological polar surface area (TPSA) is 49.4 Å². The molecule has 1 N–H and O–H groups in total. The molecule has 0 spiro atoms. The first kappa shape index (κ1) is 17.5. The molecule has 2 aromatic carbocycles. The number of nitrogens with zero attached hydrogens (tertiary/aromatic N) is 1. The number of hydrogen-bond acceptors (Lipinski definition) is 3. The predicted molar refractivity (Wildman–Crippen MR) is 109 cm³/mol.